The molecule has 0 fully saturated rings. The number of anilines is 3. The molecule has 0 saturated heterocycles. The molecule has 0 saturated carbocycles. The number of nitrogen functional groups attached to an aromatic ring is 1. The monoisotopic (exact) mass is 370 g/mol. The molecule has 4 nitrogen and oxygen atoms in total. The lowest BCUT2D eigenvalue weighted by Crippen LogP contribution is -1.98. The van der Waals surface area contributed by atoms with Crippen LogP contribution in [0.5, 0.6) is 11.5 Å². The largest absolute Gasteiger partial charge is 0.497 e. The molecule has 3 N–H and O–H groups in total. The molecule has 0 aromatic heterocycles. The molecule has 0 aliphatic heterocycles. The lowest BCUT2D eigenvalue weighted by Gasteiger charge is -2.12. The van der Waals surface area contributed by atoms with Gasteiger partial charge < -0.3 is 20.5 Å². The average Bonchev–Trinajstić information content (AvgIpc) is 2.41. The maximum Gasteiger partial charge on any atom is 0.124 e. The summed E-state index contributed by atoms with van der Waals surface area (Å²) in [6, 6.07) is 11.5. The Labute approximate surface area is 126 Å². The summed E-state index contributed by atoms with van der Waals surface area (Å²) in [5.41, 5.74) is 8.41. The molecule has 0 amide bonds. The molecule has 2 rings (SSSR count). The van der Waals surface area contributed by atoms with Crippen LogP contribution in [0.25, 0.3) is 0 Å². The highest BCUT2D eigenvalue weighted by molar-refractivity contribution is 14.1. The number of nitrogens with two attached hydrogens (primary N) is 1. The quantitative estimate of drug-likeness (QED) is 0.638. The van der Waals surface area contributed by atoms with Crippen LogP contribution in [-0.2, 0) is 0 Å². The minimum absolute atomic E-state index is 0.702. The number of hydrogen-bond acceptors (Lipinski definition) is 4. The Bertz CT molecular complexity index is 565. The van der Waals surface area contributed by atoms with Crippen LogP contribution in [0.2, 0.25) is 0 Å². The maximum atomic E-state index is 5.98. The van der Waals surface area contributed by atoms with E-state index in [4.69, 9.17) is 15.2 Å². The molecule has 0 spiro atoms. The van der Waals surface area contributed by atoms with Gasteiger partial charge in [0, 0.05) is 27.5 Å². The highest BCUT2D eigenvalue weighted by Crippen LogP contribution is 2.30. The topological polar surface area (TPSA) is 56.5 Å². The summed E-state index contributed by atoms with van der Waals surface area (Å²) in [7, 11) is 3.25. The van der Waals surface area contributed by atoms with Gasteiger partial charge in [0.2, 0.25) is 0 Å². The predicted molar refractivity (Wildman–Crippen MR) is 86.4 cm³/mol. The summed E-state index contributed by atoms with van der Waals surface area (Å²) in [4.78, 5) is 0. The van der Waals surface area contributed by atoms with Gasteiger partial charge in [0.05, 0.1) is 25.6 Å². The van der Waals surface area contributed by atoms with Crippen molar-refractivity contribution >= 4 is 39.7 Å². The maximum absolute atomic E-state index is 5.98. The second-order valence-corrected chi connectivity index (χ2v) is 5.20. The number of halogens is 1. The molecular weight excluding hydrogens is 355 g/mol. The van der Waals surface area contributed by atoms with Gasteiger partial charge in [-0.1, -0.05) is 0 Å². The van der Waals surface area contributed by atoms with E-state index in [-0.39, 0.29) is 0 Å². The van der Waals surface area contributed by atoms with Crippen molar-refractivity contribution in [2.75, 3.05) is 25.3 Å². The van der Waals surface area contributed by atoms with Gasteiger partial charge in [-0.05, 0) is 40.8 Å². The molecule has 2 aromatic rings. The molecule has 0 aliphatic carbocycles. The third-order valence-corrected chi connectivity index (χ3v) is 3.32. The van der Waals surface area contributed by atoms with Crippen molar-refractivity contribution in [1.29, 1.82) is 0 Å². The summed E-state index contributed by atoms with van der Waals surface area (Å²) >= 11 is 2.23. The van der Waals surface area contributed by atoms with Crippen LogP contribution in [-0.4, -0.2) is 14.2 Å². The number of rotatable bonds is 4. The molecule has 0 unspecified atom stereocenters. The van der Waals surface area contributed by atoms with Crippen molar-refractivity contribution in [3.05, 3.63) is 40.0 Å². The molecule has 5 heteroatoms. The lowest BCUT2D eigenvalue weighted by atomic mass is 10.2. The van der Waals surface area contributed by atoms with Crippen LogP contribution >= 0.6 is 22.6 Å². The fourth-order valence-electron chi connectivity index (χ4n) is 1.68. The Hall–Kier alpha value is -1.63. The van der Waals surface area contributed by atoms with Crippen molar-refractivity contribution < 1.29 is 9.47 Å². The molecule has 0 bridgehead atoms. The first-order valence-corrected chi connectivity index (χ1v) is 6.75. The molecule has 0 atom stereocenters. The van der Waals surface area contributed by atoms with Crippen molar-refractivity contribution in [2.45, 2.75) is 0 Å². The third kappa shape index (κ3) is 3.44. The zero-order chi connectivity index (χ0) is 13.8. The van der Waals surface area contributed by atoms with Crippen LogP contribution in [0.1, 0.15) is 0 Å². The molecule has 0 heterocycles. The van der Waals surface area contributed by atoms with Crippen molar-refractivity contribution in [3.8, 4) is 11.5 Å². The first kappa shape index (κ1) is 13.8. The van der Waals surface area contributed by atoms with Crippen molar-refractivity contribution in [1.82, 2.24) is 0 Å². The van der Waals surface area contributed by atoms with E-state index < -0.39 is 0 Å². The van der Waals surface area contributed by atoms with E-state index in [1.54, 1.807) is 14.2 Å². The Morgan fingerprint density at radius 3 is 2.16 bits per heavy atom. The zero-order valence-corrected chi connectivity index (χ0v) is 12.9. The normalized spacial score (nSPS) is 10.1. The predicted octanol–water partition coefficient (Wildman–Crippen LogP) is 3.63. The van der Waals surface area contributed by atoms with E-state index in [1.807, 2.05) is 36.4 Å². The molecule has 100 valence electrons. The summed E-state index contributed by atoms with van der Waals surface area (Å²) in [5, 5.41) is 3.26. The molecular formula is C14H15IN2O2. The zero-order valence-electron chi connectivity index (χ0n) is 10.7. The standard InChI is InChI=1S/C14H15IN2O2/c1-18-11-6-10(7-12(8-11)19-2)17-14-4-3-9(15)5-13(14)16/h3-8,17H,16H2,1-2H3. The Morgan fingerprint density at radius 2 is 1.63 bits per heavy atom. The minimum Gasteiger partial charge on any atom is -0.497 e. The molecule has 0 radical (unpaired) electrons. The average molecular weight is 370 g/mol. The smallest absolute Gasteiger partial charge is 0.124 e. The van der Waals surface area contributed by atoms with Crippen LogP contribution in [0, 0.1) is 3.57 Å². The fourth-order valence-corrected chi connectivity index (χ4v) is 2.20. The summed E-state index contributed by atoms with van der Waals surface area (Å²) < 4.78 is 11.6. The van der Waals surface area contributed by atoms with Crippen LogP contribution in [0.3, 0.4) is 0 Å². The van der Waals surface area contributed by atoms with Gasteiger partial charge in [0.1, 0.15) is 11.5 Å². The van der Waals surface area contributed by atoms with Gasteiger partial charge in [-0.25, -0.2) is 0 Å². The van der Waals surface area contributed by atoms with E-state index in [0.717, 1.165) is 26.4 Å². The molecule has 0 aliphatic rings. The Kier molecular flexibility index (Phi) is 4.36. The van der Waals surface area contributed by atoms with Crippen LogP contribution in [0.15, 0.2) is 36.4 Å². The fraction of sp³-hybridized carbons (Fsp3) is 0.143. The Balaban J connectivity index is 2.31. The van der Waals surface area contributed by atoms with Gasteiger partial charge in [0.15, 0.2) is 0 Å². The number of nitrogens with one attached hydrogen (secondary N) is 1. The molecule has 19 heavy (non-hydrogen) atoms. The number of hydrogen-bond donors (Lipinski definition) is 2. The highest BCUT2D eigenvalue weighted by Gasteiger charge is 2.04. The van der Waals surface area contributed by atoms with E-state index >= 15 is 0 Å². The molecule has 2 aromatic carbocycles. The first-order chi connectivity index (χ1) is 9.12. The summed E-state index contributed by atoms with van der Waals surface area (Å²) in [6.07, 6.45) is 0. The Morgan fingerprint density at radius 1 is 1.00 bits per heavy atom. The number of ether oxygens (including phenoxy) is 2. The van der Waals surface area contributed by atoms with Crippen molar-refractivity contribution in [2.24, 2.45) is 0 Å². The summed E-state index contributed by atoms with van der Waals surface area (Å²) in [5.74, 6) is 1.46. The lowest BCUT2D eigenvalue weighted by molar-refractivity contribution is 0.395. The van der Waals surface area contributed by atoms with E-state index in [0.29, 0.717) is 5.69 Å². The third-order valence-electron chi connectivity index (χ3n) is 2.64. The van der Waals surface area contributed by atoms with E-state index in [2.05, 4.69) is 27.9 Å². The second kappa shape index (κ2) is 6.01. The van der Waals surface area contributed by atoms with Crippen LogP contribution in [0.4, 0.5) is 17.1 Å². The van der Waals surface area contributed by atoms with Gasteiger partial charge in [0.25, 0.3) is 0 Å². The first-order valence-electron chi connectivity index (χ1n) is 5.67. The number of benzene rings is 2. The van der Waals surface area contributed by atoms with Crippen LogP contribution < -0.4 is 20.5 Å². The number of methoxy groups -OCH3 is 2. The van der Waals surface area contributed by atoms with Gasteiger partial charge in [-0.15, -0.1) is 0 Å². The van der Waals surface area contributed by atoms with Crippen molar-refractivity contribution in [3.63, 3.8) is 0 Å². The minimum atomic E-state index is 0.702. The van der Waals surface area contributed by atoms with E-state index in [9.17, 15) is 0 Å². The van der Waals surface area contributed by atoms with Gasteiger partial charge in [-0.2, -0.15) is 0 Å². The van der Waals surface area contributed by atoms with Gasteiger partial charge >= 0.3 is 0 Å². The van der Waals surface area contributed by atoms with E-state index in [1.165, 1.54) is 0 Å². The second-order valence-electron chi connectivity index (χ2n) is 3.96. The van der Waals surface area contributed by atoms with Gasteiger partial charge in [-0.3, -0.25) is 0 Å². The summed E-state index contributed by atoms with van der Waals surface area (Å²) in [6.45, 7) is 0. The SMILES string of the molecule is COc1cc(Nc2ccc(I)cc2N)cc(OC)c1. The highest BCUT2D eigenvalue weighted by atomic mass is 127.